The number of anilines is 2. The van der Waals surface area contributed by atoms with Gasteiger partial charge in [0.15, 0.2) is 17.0 Å². The number of nitrogens with zero attached hydrogens (tertiary/aromatic N) is 6. The minimum atomic E-state index is -0.537. The first-order valence-corrected chi connectivity index (χ1v) is 11.7. The van der Waals surface area contributed by atoms with E-state index >= 15 is 0 Å². The van der Waals surface area contributed by atoms with E-state index < -0.39 is 5.60 Å². The number of imidazole rings is 1. The van der Waals surface area contributed by atoms with Gasteiger partial charge in [0.25, 0.3) is 0 Å². The molecule has 3 atom stereocenters. The number of fused-ring (bicyclic) bond motifs is 1. The van der Waals surface area contributed by atoms with Crippen LogP contribution in [0.25, 0.3) is 11.2 Å². The van der Waals surface area contributed by atoms with Gasteiger partial charge in [-0.3, -0.25) is 5.43 Å². The fraction of sp³-hybridized carbons (Fsp3) is 0.727. The van der Waals surface area contributed by atoms with Crippen LogP contribution in [-0.4, -0.2) is 74.0 Å². The van der Waals surface area contributed by atoms with E-state index in [4.69, 9.17) is 20.3 Å². The van der Waals surface area contributed by atoms with Crippen LogP contribution >= 0.6 is 0 Å². The Kier molecular flexibility index (Phi) is 6.37. The number of aryl methyl sites for hydroxylation is 1. The maximum atomic E-state index is 12.7. The number of nitrogens with two attached hydrogens (primary N) is 1. The molecular weight excluding hydrogens is 424 g/mol. The second-order valence-electron chi connectivity index (χ2n) is 10.1. The third kappa shape index (κ3) is 4.84. The Morgan fingerprint density at radius 1 is 1.21 bits per heavy atom. The van der Waals surface area contributed by atoms with Gasteiger partial charge in [-0.2, -0.15) is 9.97 Å². The molecule has 2 aromatic rings. The van der Waals surface area contributed by atoms with Crippen LogP contribution in [0.1, 0.15) is 53.3 Å². The summed E-state index contributed by atoms with van der Waals surface area (Å²) in [6, 6.07) is -0.0634. The molecule has 0 unspecified atom stereocenters. The average Bonchev–Trinajstić information content (AvgIpc) is 3.36. The van der Waals surface area contributed by atoms with E-state index in [1.165, 1.54) is 0 Å². The van der Waals surface area contributed by atoms with Gasteiger partial charge in [0, 0.05) is 31.8 Å². The lowest BCUT2D eigenvalue weighted by molar-refractivity contribution is 0.0130. The summed E-state index contributed by atoms with van der Waals surface area (Å²) in [5.41, 5.74) is 3.53. The monoisotopic (exact) mass is 460 g/mol. The molecule has 0 saturated carbocycles. The van der Waals surface area contributed by atoms with E-state index in [-0.39, 0.29) is 24.3 Å². The fourth-order valence-corrected chi connectivity index (χ4v) is 4.57. The van der Waals surface area contributed by atoms with Gasteiger partial charge >= 0.3 is 6.09 Å². The molecular formula is C22H36N8O3. The van der Waals surface area contributed by atoms with Crippen molar-refractivity contribution in [3.05, 3.63) is 5.82 Å². The summed E-state index contributed by atoms with van der Waals surface area (Å²) in [4.78, 5) is 30.9. The van der Waals surface area contributed by atoms with E-state index in [0.717, 1.165) is 36.4 Å². The lowest BCUT2D eigenvalue weighted by Crippen LogP contribution is -2.59. The Morgan fingerprint density at radius 3 is 2.61 bits per heavy atom. The van der Waals surface area contributed by atoms with Crippen molar-refractivity contribution in [2.75, 3.05) is 30.0 Å². The number of piperazine rings is 1. The standard InChI is InChI=1S/C22H36N8O3/c1-13-11-29(21(31)33-22(4,5)6)14(2)10-28(13)18-17-19(26-20(25-18)27-23)30(15(3)24-17)12-16-8-7-9-32-16/h13-14,16H,7-12,23H2,1-6H3,(H,25,26,27)/t13-,14+,16-/m0/s1. The highest BCUT2D eigenvalue weighted by atomic mass is 16.6. The van der Waals surface area contributed by atoms with E-state index in [1.807, 2.05) is 34.6 Å². The van der Waals surface area contributed by atoms with E-state index in [1.54, 1.807) is 4.90 Å². The molecule has 4 rings (SSSR count). The number of amides is 1. The third-order valence-corrected chi connectivity index (χ3v) is 6.19. The quantitative estimate of drug-likeness (QED) is 0.523. The van der Waals surface area contributed by atoms with Crippen LogP contribution in [0, 0.1) is 6.92 Å². The number of nitrogen functional groups attached to an aromatic ring is 1. The molecule has 33 heavy (non-hydrogen) atoms. The number of ether oxygens (including phenoxy) is 2. The average molecular weight is 461 g/mol. The molecule has 4 heterocycles. The highest BCUT2D eigenvalue weighted by Gasteiger charge is 2.36. The van der Waals surface area contributed by atoms with Gasteiger partial charge in [0.1, 0.15) is 11.4 Å². The molecule has 3 N–H and O–H groups in total. The number of carbonyl (C=O) groups is 1. The molecule has 1 amide bonds. The molecule has 2 fully saturated rings. The van der Waals surface area contributed by atoms with Crippen LogP contribution in [0.4, 0.5) is 16.6 Å². The Hall–Kier alpha value is -2.66. The van der Waals surface area contributed by atoms with E-state index in [9.17, 15) is 4.79 Å². The lowest BCUT2D eigenvalue weighted by Gasteiger charge is -2.44. The molecule has 0 bridgehead atoms. The summed E-state index contributed by atoms with van der Waals surface area (Å²) < 4.78 is 13.5. The first-order valence-electron chi connectivity index (χ1n) is 11.7. The van der Waals surface area contributed by atoms with Crippen molar-refractivity contribution in [2.45, 2.75) is 84.7 Å². The minimum absolute atomic E-state index is 0.000986. The van der Waals surface area contributed by atoms with E-state index in [0.29, 0.717) is 31.4 Å². The predicted octanol–water partition coefficient (Wildman–Crippen LogP) is 2.43. The summed E-state index contributed by atoms with van der Waals surface area (Å²) in [5, 5.41) is 0. The highest BCUT2D eigenvalue weighted by Crippen LogP contribution is 2.31. The number of rotatable bonds is 4. The topological polar surface area (TPSA) is 124 Å². The zero-order valence-corrected chi connectivity index (χ0v) is 20.5. The minimum Gasteiger partial charge on any atom is -0.444 e. The van der Waals surface area contributed by atoms with Crippen LogP contribution in [-0.2, 0) is 16.0 Å². The van der Waals surface area contributed by atoms with Crippen LogP contribution in [0.15, 0.2) is 0 Å². The molecule has 0 aromatic carbocycles. The molecule has 2 aliphatic rings. The van der Waals surface area contributed by atoms with Crippen LogP contribution in [0.5, 0.6) is 0 Å². The first kappa shape index (κ1) is 23.5. The van der Waals surface area contributed by atoms with Crippen molar-refractivity contribution in [3.8, 4) is 0 Å². The predicted molar refractivity (Wildman–Crippen MR) is 126 cm³/mol. The Bertz CT molecular complexity index is 1010. The molecule has 2 aliphatic heterocycles. The SMILES string of the molecule is Cc1nc2c(N3C[C@@H](C)N(C(=O)OC(C)(C)C)C[C@@H]3C)nc(NN)nc2n1C[C@@H]1CCCO1. The van der Waals surface area contributed by atoms with Gasteiger partial charge in [0.05, 0.1) is 12.6 Å². The van der Waals surface area contributed by atoms with Crippen LogP contribution in [0.3, 0.4) is 0 Å². The summed E-state index contributed by atoms with van der Waals surface area (Å²) in [6.07, 6.45) is 1.96. The van der Waals surface area contributed by atoms with Crippen LogP contribution < -0.4 is 16.2 Å². The Morgan fingerprint density at radius 2 is 1.97 bits per heavy atom. The number of hydrogen-bond acceptors (Lipinski definition) is 9. The second kappa shape index (κ2) is 8.94. The van der Waals surface area contributed by atoms with Gasteiger partial charge < -0.3 is 23.8 Å². The van der Waals surface area contributed by atoms with Crippen molar-refractivity contribution in [1.82, 2.24) is 24.4 Å². The summed E-state index contributed by atoms with van der Waals surface area (Å²) in [6.45, 7) is 14.3. The number of carbonyl (C=O) groups excluding carboxylic acids is 1. The summed E-state index contributed by atoms with van der Waals surface area (Å²) in [5.74, 6) is 7.63. The van der Waals surface area contributed by atoms with Gasteiger partial charge in [-0.1, -0.05) is 0 Å². The first-order chi connectivity index (χ1) is 15.6. The smallest absolute Gasteiger partial charge is 0.410 e. The Labute approximate surface area is 194 Å². The third-order valence-electron chi connectivity index (χ3n) is 6.19. The molecule has 0 aliphatic carbocycles. The van der Waals surface area contributed by atoms with Gasteiger partial charge in [0.2, 0.25) is 5.95 Å². The second-order valence-corrected chi connectivity index (χ2v) is 10.1. The van der Waals surface area contributed by atoms with E-state index in [2.05, 4.69) is 31.8 Å². The zero-order chi connectivity index (χ0) is 23.9. The van der Waals surface area contributed by atoms with Crippen LogP contribution in [0.2, 0.25) is 0 Å². The number of hydrazine groups is 1. The maximum absolute atomic E-state index is 12.7. The van der Waals surface area contributed by atoms with Crippen molar-refractivity contribution in [1.29, 1.82) is 0 Å². The summed E-state index contributed by atoms with van der Waals surface area (Å²) in [7, 11) is 0. The maximum Gasteiger partial charge on any atom is 0.410 e. The molecule has 2 saturated heterocycles. The normalized spacial score (nSPS) is 23.9. The van der Waals surface area contributed by atoms with Crippen molar-refractivity contribution < 1.29 is 14.3 Å². The molecule has 11 heteroatoms. The summed E-state index contributed by atoms with van der Waals surface area (Å²) >= 11 is 0. The number of aromatic nitrogens is 4. The molecule has 2 aromatic heterocycles. The van der Waals surface area contributed by atoms with Gasteiger partial charge in [-0.25, -0.2) is 15.6 Å². The van der Waals surface area contributed by atoms with Crippen molar-refractivity contribution in [3.63, 3.8) is 0 Å². The zero-order valence-electron chi connectivity index (χ0n) is 20.5. The number of hydrogen-bond donors (Lipinski definition) is 2. The lowest BCUT2D eigenvalue weighted by atomic mass is 10.1. The fourth-order valence-electron chi connectivity index (χ4n) is 4.57. The van der Waals surface area contributed by atoms with Crippen molar-refractivity contribution >= 4 is 29.0 Å². The number of nitrogens with one attached hydrogen (secondary N) is 1. The molecule has 0 radical (unpaired) electrons. The van der Waals surface area contributed by atoms with Gasteiger partial charge in [-0.15, -0.1) is 0 Å². The van der Waals surface area contributed by atoms with Gasteiger partial charge in [-0.05, 0) is 54.4 Å². The molecule has 11 nitrogen and oxygen atoms in total. The Balaban J connectivity index is 1.65. The molecule has 182 valence electrons. The van der Waals surface area contributed by atoms with Crippen molar-refractivity contribution in [2.24, 2.45) is 5.84 Å². The highest BCUT2D eigenvalue weighted by molar-refractivity contribution is 5.86. The molecule has 0 spiro atoms. The largest absolute Gasteiger partial charge is 0.444 e.